The molecule has 0 aliphatic rings. The Morgan fingerprint density at radius 1 is 1.18 bits per heavy atom. The van der Waals surface area contributed by atoms with Crippen molar-refractivity contribution >= 4 is 24.5 Å². The van der Waals surface area contributed by atoms with Crippen molar-refractivity contribution in [3.63, 3.8) is 0 Å². The van der Waals surface area contributed by atoms with Crippen molar-refractivity contribution in [2.24, 2.45) is 5.10 Å². The van der Waals surface area contributed by atoms with Gasteiger partial charge in [-0.1, -0.05) is 18.2 Å². The maximum absolute atomic E-state index is 5.10. The van der Waals surface area contributed by atoms with Gasteiger partial charge in [0.2, 0.25) is 0 Å². The highest BCUT2D eigenvalue weighted by Crippen LogP contribution is 2.07. The molecule has 2 N–H and O–H groups in total. The second-order valence-corrected chi connectivity index (χ2v) is 3.83. The number of para-hydroxylation sites is 1. The Bertz CT molecular complexity index is 456. The number of thiol groups is 1. The normalized spacial score (nSPS) is 12.5. The Morgan fingerprint density at radius 2 is 2.00 bits per heavy atom. The summed E-state index contributed by atoms with van der Waals surface area (Å²) in [5.74, 6) is 0.692. The van der Waals surface area contributed by atoms with Crippen LogP contribution in [-0.4, -0.2) is 11.7 Å². The number of hydrogen-bond acceptors (Lipinski definition) is 5. The number of nitrogens with one attached hydrogen (secondary N) is 2. The van der Waals surface area contributed by atoms with E-state index >= 15 is 0 Å². The summed E-state index contributed by atoms with van der Waals surface area (Å²) < 4.78 is 5.10. The molecule has 4 nitrogen and oxygen atoms in total. The molecule has 17 heavy (non-hydrogen) atoms. The van der Waals surface area contributed by atoms with E-state index in [0.29, 0.717) is 5.76 Å². The minimum Gasteiger partial charge on any atom is -0.463 e. The van der Waals surface area contributed by atoms with E-state index in [9.17, 15) is 0 Å². The van der Waals surface area contributed by atoms with Gasteiger partial charge in [-0.15, -0.1) is 12.6 Å². The van der Waals surface area contributed by atoms with Crippen molar-refractivity contribution in [2.45, 2.75) is 5.50 Å². The first kappa shape index (κ1) is 11.6. The topological polar surface area (TPSA) is 49.6 Å². The van der Waals surface area contributed by atoms with Crippen LogP contribution in [0.4, 0.5) is 5.69 Å². The summed E-state index contributed by atoms with van der Waals surface area (Å²) in [4.78, 5) is 0. The molecule has 0 aliphatic heterocycles. The zero-order valence-corrected chi connectivity index (χ0v) is 9.97. The Hall–Kier alpha value is -1.88. The van der Waals surface area contributed by atoms with Gasteiger partial charge in [0.25, 0.3) is 0 Å². The van der Waals surface area contributed by atoms with Gasteiger partial charge in [-0.05, 0) is 24.3 Å². The highest BCUT2D eigenvalue weighted by molar-refractivity contribution is 7.81. The van der Waals surface area contributed by atoms with E-state index in [4.69, 9.17) is 4.42 Å². The van der Waals surface area contributed by atoms with E-state index in [-0.39, 0.29) is 5.50 Å². The molecule has 0 spiro atoms. The molecule has 1 unspecified atom stereocenters. The second-order valence-electron chi connectivity index (χ2n) is 3.32. The van der Waals surface area contributed by atoms with Gasteiger partial charge >= 0.3 is 0 Å². The third kappa shape index (κ3) is 3.88. The molecular weight excluding hydrogens is 234 g/mol. The fraction of sp³-hybridized carbons (Fsp3) is 0.0833. The summed E-state index contributed by atoms with van der Waals surface area (Å²) in [7, 11) is 0. The lowest BCUT2D eigenvalue weighted by atomic mass is 10.3. The van der Waals surface area contributed by atoms with Gasteiger partial charge in [-0.2, -0.15) is 5.10 Å². The average Bonchev–Trinajstić information content (AvgIpc) is 2.83. The van der Waals surface area contributed by atoms with Gasteiger partial charge in [0.05, 0.1) is 12.5 Å². The Labute approximate surface area is 105 Å². The van der Waals surface area contributed by atoms with Gasteiger partial charge in [0.15, 0.2) is 5.50 Å². The van der Waals surface area contributed by atoms with Crippen molar-refractivity contribution in [1.29, 1.82) is 0 Å². The van der Waals surface area contributed by atoms with Gasteiger partial charge in [0.1, 0.15) is 5.76 Å². The van der Waals surface area contributed by atoms with E-state index in [1.807, 2.05) is 42.5 Å². The molecule has 0 bridgehead atoms. The van der Waals surface area contributed by atoms with Crippen molar-refractivity contribution in [3.8, 4) is 0 Å². The molecule has 0 saturated heterocycles. The maximum Gasteiger partial charge on any atom is 0.158 e. The smallest absolute Gasteiger partial charge is 0.158 e. The van der Waals surface area contributed by atoms with E-state index in [1.54, 1.807) is 12.5 Å². The van der Waals surface area contributed by atoms with Crippen molar-refractivity contribution < 1.29 is 4.42 Å². The summed E-state index contributed by atoms with van der Waals surface area (Å²) in [6, 6.07) is 13.4. The Balaban J connectivity index is 1.80. The monoisotopic (exact) mass is 247 g/mol. The maximum atomic E-state index is 5.10. The van der Waals surface area contributed by atoms with Crippen molar-refractivity contribution in [3.05, 3.63) is 54.5 Å². The van der Waals surface area contributed by atoms with Crippen LogP contribution < -0.4 is 10.7 Å². The van der Waals surface area contributed by atoms with Crippen LogP contribution in [0.25, 0.3) is 0 Å². The fourth-order valence-electron chi connectivity index (χ4n) is 1.26. The summed E-state index contributed by atoms with van der Waals surface area (Å²) in [5, 5.41) is 7.13. The van der Waals surface area contributed by atoms with Gasteiger partial charge < -0.3 is 9.73 Å². The van der Waals surface area contributed by atoms with Crippen LogP contribution in [-0.2, 0) is 0 Å². The zero-order valence-electron chi connectivity index (χ0n) is 9.08. The number of hydrogen-bond donors (Lipinski definition) is 3. The molecular formula is C12H13N3OS. The molecule has 0 aliphatic carbocycles. The minimum atomic E-state index is -0.261. The SMILES string of the molecule is SC(N/N=C\c1ccco1)Nc1ccccc1. The van der Waals surface area contributed by atoms with Crippen molar-refractivity contribution in [2.75, 3.05) is 5.32 Å². The van der Waals surface area contributed by atoms with E-state index in [1.165, 1.54) is 0 Å². The van der Waals surface area contributed by atoms with Crippen LogP contribution in [0.3, 0.4) is 0 Å². The lowest BCUT2D eigenvalue weighted by Gasteiger charge is -2.13. The predicted octanol–water partition coefficient (Wildman–Crippen LogP) is 2.53. The van der Waals surface area contributed by atoms with Crippen LogP contribution in [0.2, 0.25) is 0 Å². The Kier molecular flexibility index (Phi) is 4.10. The summed E-state index contributed by atoms with van der Waals surface area (Å²) >= 11 is 4.31. The quantitative estimate of drug-likeness (QED) is 0.329. The first-order valence-corrected chi connectivity index (χ1v) is 5.68. The number of nitrogens with zero attached hydrogens (tertiary/aromatic N) is 1. The molecule has 0 saturated carbocycles. The number of rotatable bonds is 5. The zero-order chi connectivity index (χ0) is 11.9. The molecule has 0 radical (unpaired) electrons. The molecule has 1 aromatic heterocycles. The van der Waals surface area contributed by atoms with Crippen LogP contribution in [0, 0.1) is 0 Å². The predicted molar refractivity (Wildman–Crippen MR) is 72.3 cm³/mol. The van der Waals surface area contributed by atoms with Gasteiger partial charge in [0, 0.05) is 5.69 Å². The Morgan fingerprint density at radius 3 is 2.71 bits per heavy atom. The van der Waals surface area contributed by atoms with Crippen LogP contribution in [0.5, 0.6) is 0 Å². The first-order chi connectivity index (χ1) is 8.34. The molecule has 2 rings (SSSR count). The number of anilines is 1. The molecule has 0 fully saturated rings. The molecule has 88 valence electrons. The standard InChI is InChI=1S/C12H13N3OS/c17-12(14-10-5-2-1-3-6-10)15-13-9-11-7-4-8-16-11/h1-9,12,14-15,17H/b13-9-. The largest absolute Gasteiger partial charge is 0.463 e. The lowest BCUT2D eigenvalue weighted by Crippen LogP contribution is -2.26. The third-order valence-corrected chi connectivity index (χ3v) is 2.25. The first-order valence-electron chi connectivity index (χ1n) is 5.16. The van der Waals surface area contributed by atoms with Gasteiger partial charge in [-0.25, -0.2) is 0 Å². The van der Waals surface area contributed by atoms with E-state index in [2.05, 4.69) is 28.5 Å². The summed E-state index contributed by atoms with van der Waals surface area (Å²) in [5.41, 5.74) is 3.55. The van der Waals surface area contributed by atoms with Gasteiger partial charge in [-0.3, -0.25) is 5.43 Å². The summed E-state index contributed by atoms with van der Waals surface area (Å²) in [6.07, 6.45) is 3.19. The lowest BCUT2D eigenvalue weighted by molar-refractivity contribution is 0.559. The number of hydrazone groups is 1. The van der Waals surface area contributed by atoms with Crippen LogP contribution in [0.15, 0.2) is 58.2 Å². The highest BCUT2D eigenvalue weighted by Gasteiger charge is 1.98. The second kappa shape index (κ2) is 6.00. The molecule has 5 heteroatoms. The fourth-order valence-corrected chi connectivity index (χ4v) is 1.48. The van der Waals surface area contributed by atoms with Crippen LogP contribution in [0.1, 0.15) is 5.76 Å². The average molecular weight is 247 g/mol. The molecule has 1 aromatic carbocycles. The molecule has 0 amide bonds. The number of furan rings is 1. The van der Waals surface area contributed by atoms with Crippen molar-refractivity contribution in [1.82, 2.24) is 5.43 Å². The number of benzene rings is 1. The minimum absolute atomic E-state index is 0.261. The summed E-state index contributed by atoms with van der Waals surface area (Å²) in [6.45, 7) is 0. The van der Waals surface area contributed by atoms with E-state index < -0.39 is 0 Å². The van der Waals surface area contributed by atoms with Crippen LogP contribution >= 0.6 is 12.6 Å². The molecule has 1 atom stereocenters. The van der Waals surface area contributed by atoms with E-state index in [0.717, 1.165) is 5.69 Å². The molecule has 2 aromatic rings. The molecule has 1 heterocycles. The highest BCUT2D eigenvalue weighted by atomic mass is 32.1. The third-order valence-electron chi connectivity index (χ3n) is 2.01.